The topological polar surface area (TPSA) is 44.7 Å². The van der Waals surface area contributed by atoms with Crippen LogP contribution in [0.3, 0.4) is 0 Å². The zero-order valence-corrected chi connectivity index (χ0v) is 12.5. The smallest absolute Gasteiger partial charge is 0.0900 e. The van der Waals surface area contributed by atoms with E-state index in [2.05, 4.69) is 10.2 Å². The molecule has 1 saturated carbocycles. The van der Waals surface area contributed by atoms with Crippen molar-refractivity contribution in [3.05, 3.63) is 0 Å². The Balaban J connectivity index is 1.88. The van der Waals surface area contributed by atoms with E-state index in [1.54, 1.807) is 0 Å². The van der Waals surface area contributed by atoms with Crippen LogP contribution in [-0.2, 0) is 4.74 Å². The van der Waals surface area contributed by atoms with Gasteiger partial charge in [0.25, 0.3) is 0 Å². The van der Waals surface area contributed by atoms with Crippen LogP contribution < -0.4 is 5.32 Å². The van der Waals surface area contributed by atoms with Crippen LogP contribution in [0.25, 0.3) is 0 Å². The van der Waals surface area contributed by atoms with Crippen LogP contribution in [-0.4, -0.2) is 60.5 Å². The van der Waals surface area contributed by atoms with Crippen molar-refractivity contribution in [1.29, 1.82) is 0 Å². The molecule has 0 aromatic carbocycles. The zero-order chi connectivity index (χ0) is 13.7. The molecule has 1 heterocycles. The lowest BCUT2D eigenvalue weighted by Crippen LogP contribution is -2.63. The summed E-state index contributed by atoms with van der Waals surface area (Å²) in [5.74, 6) is 0. The molecular weight excluding hydrogens is 240 g/mol. The molecule has 2 fully saturated rings. The van der Waals surface area contributed by atoms with Crippen molar-refractivity contribution < 1.29 is 9.84 Å². The Morgan fingerprint density at radius 2 is 2.00 bits per heavy atom. The van der Waals surface area contributed by atoms with Crippen molar-refractivity contribution in [3.8, 4) is 0 Å². The molecule has 0 amide bonds. The average molecular weight is 270 g/mol. The zero-order valence-electron chi connectivity index (χ0n) is 12.5. The lowest BCUT2D eigenvalue weighted by Gasteiger charge is -2.50. The van der Waals surface area contributed by atoms with Gasteiger partial charge in [-0.2, -0.15) is 0 Å². The first kappa shape index (κ1) is 15.2. The van der Waals surface area contributed by atoms with Crippen LogP contribution in [0.5, 0.6) is 0 Å². The normalized spacial score (nSPS) is 25.9. The number of hydrogen-bond donors (Lipinski definition) is 2. The first-order chi connectivity index (χ1) is 9.12. The fraction of sp³-hybridized carbons (Fsp3) is 1.00. The highest BCUT2D eigenvalue weighted by Crippen LogP contribution is 2.34. The van der Waals surface area contributed by atoms with Gasteiger partial charge in [-0.25, -0.2) is 0 Å². The molecule has 1 spiro atoms. The van der Waals surface area contributed by atoms with Crippen LogP contribution in [0, 0.1) is 0 Å². The van der Waals surface area contributed by atoms with E-state index in [1.807, 2.05) is 13.8 Å². The number of β-amino-alcohol motifs (C(OH)–C–C–N with tert-alkyl or cyclic N) is 1. The molecule has 0 radical (unpaired) electrons. The van der Waals surface area contributed by atoms with Crippen molar-refractivity contribution in [2.24, 2.45) is 0 Å². The van der Waals surface area contributed by atoms with E-state index < -0.39 is 0 Å². The van der Waals surface area contributed by atoms with Gasteiger partial charge in [-0.3, -0.25) is 4.90 Å². The van der Waals surface area contributed by atoms with Gasteiger partial charge in [0.05, 0.1) is 18.8 Å². The molecule has 0 bridgehead atoms. The highest BCUT2D eigenvalue weighted by atomic mass is 16.5. The van der Waals surface area contributed by atoms with E-state index in [4.69, 9.17) is 4.74 Å². The van der Waals surface area contributed by atoms with Gasteiger partial charge in [-0.1, -0.05) is 19.3 Å². The summed E-state index contributed by atoms with van der Waals surface area (Å²) in [6, 6.07) is 0. The van der Waals surface area contributed by atoms with Gasteiger partial charge in [-0.15, -0.1) is 0 Å². The third-order valence-electron chi connectivity index (χ3n) is 4.52. The number of rotatable bonds is 5. The standard InChI is InChI=1S/C15H30N2O2/c1-13(2)19-11-14(18)10-17-9-8-16-12-15(17)6-4-3-5-7-15/h13-14,16,18H,3-12H2,1-2H3. The highest BCUT2D eigenvalue weighted by Gasteiger charge is 2.40. The van der Waals surface area contributed by atoms with Gasteiger partial charge in [0, 0.05) is 31.7 Å². The molecule has 112 valence electrons. The number of aliphatic hydroxyl groups is 1. The average Bonchev–Trinajstić information content (AvgIpc) is 2.40. The van der Waals surface area contributed by atoms with Crippen LogP contribution in [0.1, 0.15) is 46.0 Å². The molecule has 4 heteroatoms. The molecule has 0 aromatic rings. The Labute approximate surface area is 117 Å². The molecule has 1 aliphatic carbocycles. The van der Waals surface area contributed by atoms with Gasteiger partial charge >= 0.3 is 0 Å². The molecule has 1 atom stereocenters. The molecular formula is C15H30N2O2. The SMILES string of the molecule is CC(C)OCC(O)CN1CCNCC12CCCCC2. The number of piperazine rings is 1. The summed E-state index contributed by atoms with van der Waals surface area (Å²) < 4.78 is 5.53. The third-order valence-corrected chi connectivity index (χ3v) is 4.52. The molecule has 2 rings (SSSR count). The summed E-state index contributed by atoms with van der Waals surface area (Å²) in [4.78, 5) is 2.52. The van der Waals surface area contributed by atoms with Crippen molar-refractivity contribution in [2.45, 2.75) is 63.7 Å². The minimum absolute atomic E-state index is 0.196. The number of ether oxygens (including phenoxy) is 1. The van der Waals surface area contributed by atoms with Crippen LogP contribution in [0.15, 0.2) is 0 Å². The van der Waals surface area contributed by atoms with Gasteiger partial charge in [0.2, 0.25) is 0 Å². The fourth-order valence-corrected chi connectivity index (χ4v) is 3.48. The van der Waals surface area contributed by atoms with E-state index >= 15 is 0 Å². The minimum atomic E-state index is -0.362. The van der Waals surface area contributed by atoms with Crippen LogP contribution >= 0.6 is 0 Å². The molecule has 0 aromatic heterocycles. The van der Waals surface area contributed by atoms with E-state index in [1.165, 1.54) is 32.1 Å². The van der Waals surface area contributed by atoms with Gasteiger partial charge in [0.15, 0.2) is 0 Å². The Morgan fingerprint density at radius 3 is 2.68 bits per heavy atom. The van der Waals surface area contributed by atoms with Crippen molar-refractivity contribution in [3.63, 3.8) is 0 Å². The van der Waals surface area contributed by atoms with Crippen LogP contribution in [0.2, 0.25) is 0 Å². The lowest BCUT2D eigenvalue weighted by atomic mass is 9.79. The van der Waals surface area contributed by atoms with E-state index in [0.29, 0.717) is 12.1 Å². The van der Waals surface area contributed by atoms with Crippen LogP contribution in [0.4, 0.5) is 0 Å². The third kappa shape index (κ3) is 4.15. The Bertz CT molecular complexity index is 257. The van der Waals surface area contributed by atoms with Crippen molar-refractivity contribution in [2.75, 3.05) is 32.8 Å². The van der Waals surface area contributed by atoms with Gasteiger partial charge in [0.1, 0.15) is 0 Å². The minimum Gasteiger partial charge on any atom is -0.389 e. The first-order valence-electron chi connectivity index (χ1n) is 7.88. The molecule has 2 aliphatic rings. The summed E-state index contributed by atoms with van der Waals surface area (Å²) >= 11 is 0. The van der Waals surface area contributed by atoms with Gasteiger partial charge < -0.3 is 15.2 Å². The number of hydrogen-bond acceptors (Lipinski definition) is 4. The largest absolute Gasteiger partial charge is 0.389 e. The fourth-order valence-electron chi connectivity index (χ4n) is 3.48. The summed E-state index contributed by atoms with van der Waals surface area (Å²) in [6.45, 7) is 8.43. The Morgan fingerprint density at radius 1 is 1.26 bits per heavy atom. The quantitative estimate of drug-likeness (QED) is 0.792. The summed E-state index contributed by atoms with van der Waals surface area (Å²) in [5, 5.41) is 13.7. The molecule has 19 heavy (non-hydrogen) atoms. The number of nitrogens with zero attached hydrogens (tertiary/aromatic N) is 1. The second kappa shape index (κ2) is 7.02. The maximum absolute atomic E-state index is 10.2. The molecule has 2 N–H and O–H groups in total. The second-order valence-corrected chi connectivity index (χ2v) is 6.44. The van der Waals surface area contributed by atoms with Crippen molar-refractivity contribution >= 4 is 0 Å². The first-order valence-corrected chi connectivity index (χ1v) is 7.88. The Hall–Kier alpha value is -0.160. The predicted molar refractivity (Wildman–Crippen MR) is 77.4 cm³/mol. The molecule has 1 aliphatic heterocycles. The molecule has 1 saturated heterocycles. The Kier molecular flexibility index (Phi) is 5.63. The molecule has 4 nitrogen and oxygen atoms in total. The summed E-state index contributed by atoms with van der Waals surface area (Å²) in [6.07, 6.45) is 6.41. The maximum Gasteiger partial charge on any atom is 0.0900 e. The van der Waals surface area contributed by atoms with Gasteiger partial charge in [-0.05, 0) is 26.7 Å². The molecule has 1 unspecified atom stereocenters. The van der Waals surface area contributed by atoms with E-state index in [-0.39, 0.29) is 12.2 Å². The van der Waals surface area contributed by atoms with E-state index in [9.17, 15) is 5.11 Å². The summed E-state index contributed by atoms with van der Waals surface area (Å²) in [7, 11) is 0. The second-order valence-electron chi connectivity index (χ2n) is 6.44. The monoisotopic (exact) mass is 270 g/mol. The maximum atomic E-state index is 10.2. The lowest BCUT2D eigenvalue weighted by molar-refractivity contribution is -0.0443. The number of nitrogens with one attached hydrogen (secondary N) is 1. The van der Waals surface area contributed by atoms with Crippen molar-refractivity contribution in [1.82, 2.24) is 10.2 Å². The highest BCUT2D eigenvalue weighted by molar-refractivity contribution is 4.98. The predicted octanol–water partition coefficient (Wildman–Crippen LogP) is 1.38. The number of aliphatic hydroxyl groups excluding tert-OH is 1. The van der Waals surface area contributed by atoms with E-state index in [0.717, 1.165) is 26.2 Å². The summed E-state index contributed by atoms with van der Waals surface area (Å²) in [5.41, 5.74) is 0.301.